The van der Waals surface area contributed by atoms with Crippen molar-refractivity contribution < 1.29 is 14.7 Å². The third kappa shape index (κ3) is 4.85. The van der Waals surface area contributed by atoms with Gasteiger partial charge in [-0.1, -0.05) is 6.42 Å². The fourth-order valence-corrected chi connectivity index (χ4v) is 2.80. The number of thioether (sulfide) groups is 1. The van der Waals surface area contributed by atoms with Crippen LogP contribution in [0.5, 0.6) is 0 Å². The Morgan fingerprint density at radius 2 is 2.12 bits per heavy atom. The Morgan fingerprint density at radius 3 is 2.71 bits per heavy atom. The number of amides is 2. The molecule has 0 spiro atoms. The molecule has 1 aliphatic rings. The second kappa shape index (κ2) is 6.74. The first-order chi connectivity index (χ1) is 8.02. The highest BCUT2D eigenvalue weighted by Crippen LogP contribution is 2.26. The predicted molar refractivity (Wildman–Crippen MR) is 68.3 cm³/mol. The molecule has 6 heteroatoms. The van der Waals surface area contributed by atoms with E-state index >= 15 is 0 Å². The number of aliphatic carboxylic acids is 1. The van der Waals surface area contributed by atoms with Gasteiger partial charge in [-0.15, -0.1) is 0 Å². The highest BCUT2D eigenvalue weighted by atomic mass is 32.2. The molecule has 0 aromatic heterocycles. The van der Waals surface area contributed by atoms with Gasteiger partial charge in [0.2, 0.25) is 0 Å². The van der Waals surface area contributed by atoms with E-state index in [1.165, 1.54) is 13.3 Å². The Bertz CT molecular complexity index is 286. The van der Waals surface area contributed by atoms with E-state index in [-0.39, 0.29) is 12.1 Å². The fraction of sp³-hybridized carbons (Fsp3) is 0.818. The van der Waals surface area contributed by atoms with Gasteiger partial charge in [-0.3, -0.25) is 4.79 Å². The normalized spacial score (nSPS) is 26.0. The maximum atomic E-state index is 11.5. The maximum Gasteiger partial charge on any atom is 0.325 e. The molecule has 0 aromatic carbocycles. The summed E-state index contributed by atoms with van der Waals surface area (Å²) in [5.74, 6) is -1.02. The lowest BCUT2D eigenvalue weighted by atomic mass is 9.95. The van der Waals surface area contributed by atoms with Crippen LogP contribution in [0, 0.1) is 0 Å². The fourth-order valence-electron chi connectivity index (χ4n) is 1.98. The molecular formula is C11H20N2O3S. The minimum Gasteiger partial charge on any atom is -0.480 e. The SMILES string of the molecule is CSC1CCCC(NC(=O)N[C@@H](C)C(=O)O)C1. The van der Waals surface area contributed by atoms with Crippen LogP contribution in [-0.4, -0.2) is 40.7 Å². The summed E-state index contributed by atoms with van der Waals surface area (Å²) >= 11 is 1.83. The summed E-state index contributed by atoms with van der Waals surface area (Å²) in [6.45, 7) is 1.45. The zero-order valence-electron chi connectivity index (χ0n) is 10.2. The molecular weight excluding hydrogens is 240 g/mol. The summed E-state index contributed by atoms with van der Waals surface area (Å²) in [5.41, 5.74) is 0. The van der Waals surface area contributed by atoms with Crippen molar-refractivity contribution in [2.24, 2.45) is 0 Å². The summed E-state index contributed by atoms with van der Waals surface area (Å²) in [6.07, 6.45) is 6.35. The number of carboxylic acids is 1. The Balaban J connectivity index is 2.33. The minimum absolute atomic E-state index is 0.169. The molecule has 0 radical (unpaired) electrons. The summed E-state index contributed by atoms with van der Waals surface area (Å²) in [7, 11) is 0. The molecule has 0 aliphatic heterocycles. The molecule has 0 saturated heterocycles. The van der Waals surface area contributed by atoms with Gasteiger partial charge in [0, 0.05) is 11.3 Å². The first-order valence-electron chi connectivity index (χ1n) is 5.85. The second-order valence-corrected chi connectivity index (χ2v) is 5.54. The van der Waals surface area contributed by atoms with E-state index in [2.05, 4.69) is 16.9 Å². The van der Waals surface area contributed by atoms with E-state index in [1.807, 2.05) is 11.8 Å². The second-order valence-electron chi connectivity index (χ2n) is 4.40. The highest BCUT2D eigenvalue weighted by molar-refractivity contribution is 7.99. The van der Waals surface area contributed by atoms with Crippen molar-refractivity contribution in [3.63, 3.8) is 0 Å². The van der Waals surface area contributed by atoms with Crippen LogP contribution in [0.2, 0.25) is 0 Å². The van der Waals surface area contributed by atoms with Crippen LogP contribution >= 0.6 is 11.8 Å². The lowest BCUT2D eigenvalue weighted by molar-refractivity contribution is -0.138. The molecule has 2 amide bonds. The Kier molecular flexibility index (Phi) is 5.61. The van der Waals surface area contributed by atoms with E-state index in [4.69, 9.17) is 5.11 Å². The summed E-state index contributed by atoms with van der Waals surface area (Å²) in [6, 6.07) is -1.07. The van der Waals surface area contributed by atoms with Crippen molar-refractivity contribution in [1.29, 1.82) is 0 Å². The van der Waals surface area contributed by atoms with Crippen molar-refractivity contribution in [2.75, 3.05) is 6.26 Å². The summed E-state index contributed by atoms with van der Waals surface area (Å²) in [5, 5.41) is 14.5. The minimum atomic E-state index is -1.02. The molecule has 1 rings (SSSR count). The van der Waals surface area contributed by atoms with Gasteiger partial charge in [-0.05, 0) is 32.4 Å². The smallest absolute Gasteiger partial charge is 0.325 e. The van der Waals surface area contributed by atoms with Crippen LogP contribution in [0.15, 0.2) is 0 Å². The van der Waals surface area contributed by atoms with E-state index in [1.54, 1.807) is 0 Å². The third-order valence-electron chi connectivity index (χ3n) is 3.01. The summed E-state index contributed by atoms with van der Waals surface area (Å²) < 4.78 is 0. The molecule has 1 saturated carbocycles. The van der Waals surface area contributed by atoms with Gasteiger partial charge in [0.15, 0.2) is 0 Å². The molecule has 17 heavy (non-hydrogen) atoms. The Hall–Kier alpha value is -0.910. The van der Waals surface area contributed by atoms with Crippen molar-refractivity contribution in [3.8, 4) is 0 Å². The number of nitrogens with one attached hydrogen (secondary N) is 2. The Labute approximate surface area is 106 Å². The number of hydrogen-bond donors (Lipinski definition) is 3. The van der Waals surface area contributed by atoms with E-state index in [0.717, 1.165) is 19.3 Å². The molecule has 1 aliphatic carbocycles. The van der Waals surface area contributed by atoms with Gasteiger partial charge in [-0.25, -0.2) is 4.79 Å². The molecule has 2 unspecified atom stereocenters. The zero-order valence-corrected chi connectivity index (χ0v) is 11.0. The molecule has 3 N–H and O–H groups in total. The molecule has 3 atom stereocenters. The third-order valence-corrected chi connectivity index (χ3v) is 4.11. The zero-order chi connectivity index (χ0) is 12.8. The average molecular weight is 260 g/mol. The molecule has 1 fully saturated rings. The quantitative estimate of drug-likeness (QED) is 0.714. The van der Waals surface area contributed by atoms with Crippen molar-refractivity contribution in [1.82, 2.24) is 10.6 Å². The van der Waals surface area contributed by atoms with Crippen LogP contribution < -0.4 is 10.6 Å². The lowest BCUT2D eigenvalue weighted by Crippen LogP contribution is -2.49. The van der Waals surface area contributed by atoms with Crippen LogP contribution in [0.3, 0.4) is 0 Å². The number of urea groups is 1. The largest absolute Gasteiger partial charge is 0.480 e. The van der Waals surface area contributed by atoms with Gasteiger partial charge in [0.25, 0.3) is 0 Å². The number of carboxylic acid groups (broad SMARTS) is 1. The molecule has 0 heterocycles. The van der Waals surface area contributed by atoms with Gasteiger partial charge in [0.1, 0.15) is 6.04 Å². The predicted octanol–water partition coefficient (Wildman–Crippen LogP) is 1.43. The molecule has 0 aromatic rings. The Morgan fingerprint density at radius 1 is 1.41 bits per heavy atom. The van der Waals surface area contributed by atoms with E-state index < -0.39 is 12.0 Å². The van der Waals surface area contributed by atoms with Gasteiger partial charge in [0.05, 0.1) is 0 Å². The standard InChI is InChI=1S/C11H20N2O3S/c1-7(10(14)15)12-11(16)13-8-4-3-5-9(6-8)17-2/h7-9H,3-6H2,1-2H3,(H,14,15)(H2,12,13,16)/t7-,8?,9?/m0/s1. The molecule has 5 nitrogen and oxygen atoms in total. The molecule has 98 valence electrons. The monoisotopic (exact) mass is 260 g/mol. The average Bonchev–Trinajstić information content (AvgIpc) is 2.28. The number of carbonyl (C=O) groups is 2. The topological polar surface area (TPSA) is 78.4 Å². The van der Waals surface area contributed by atoms with Gasteiger partial charge in [-0.2, -0.15) is 11.8 Å². The van der Waals surface area contributed by atoms with Crippen LogP contribution in [0.4, 0.5) is 4.79 Å². The number of hydrogen-bond acceptors (Lipinski definition) is 3. The van der Waals surface area contributed by atoms with Gasteiger partial charge >= 0.3 is 12.0 Å². The van der Waals surface area contributed by atoms with Crippen LogP contribution in [0.1, 0.15) is 32.6 Å². The number of rotatable bonds is 4. The van der Waals surface area contributed by atoms with Crippen LogP contribution in [0.25, 0.3) is 0 Å². The number of carbonyl (C=O) groups excluding carboxylic acids is 1. The first kappa shape index (κ1) is 14.2. The first-order valence-corrected chi connectivity index (χ1v) is 7.14. The maximum absolute atomic E-state index is 11.5. The van der Waals surface area contributed by atoms with E-state index in [9.17, 15) is 9.59 Å². The van der Waals surface area contributed by atoms with E-state index in [0.29, 0.717) is 5.25 Å². The van der Waals surface area contributed by atoms with Gasteiger partial charge < -0.3 is 15.7 Å². The summed E-state index contributed by atoms with van der Waals surface area (Å²) in [4.78, 5) is 22.1. The lowest BCUT2D eigenvalue weighted by Gasteiger charge is -2.28. The van der Waals surface area contributed by atoms with Crippen molar-refractivity contribution >= 4 is 23.8 Å². The van der Waals surface area contributed by atoms with Crippen molar-refractivity contribution in [2.45, 2.75) is 49.9 Å². The molecule has 0 bridgehead atoms. The van der Waals surface area contributed by atoms with Crippen molar-refractivity contribution in [3.05, 3.63) is 0 Å². The van der Waals surface area contributed by atoms with Crippen LogP contribution in [-0.2, 0) is 4.79 Å². The highest BCUT2D eigenvalue weighted by Gasteiger charge is 2.23.